The molecule has 9 heteroatoms. The van der Waals surface area contributed by atoms with Gasteiger partial charge in [-0.15, -0.1) is 0 Å². The predicted octanol–water partition coefficient (Wildman–Crippen LogP) is 1.68. The lowest BCUT2D eigenvalue weighted by molar-refractivity contribution is -0.122. The molecule has 150 valence electrons. The number of aromatic nitrogens is 3. The summed E-state index contributed by atoms with van der Waals surface area (Å²) >= 11 is 0. The molecule has 0 aromatic carbocycles. The van der Waals surface area contributed by atoms with Gasteiger partial charge in [-0.05, 0) is 45.7 Å². The molecule has 0 fully saturated rings. The van der Waals surface area contributed by atoms with Crippen LogP contribution < -0.4 is 10.6 Å². The van der Waals surface area contributed by atoms with Crippen molar-refractivity contribution in [3.8, 4) is 6.07 Å². The van der Waals surface area contributed by atoms with E-state index >= 15 is 0 Å². The number of aryl methyl sites for hydroxylation is 3. The van der Waals surface area contributed by atoms with Gasteiger partial charge in [0.05, 0.1) is 17.5 Å². The molecule has 0 aliphatic carbocycles. The molecular weight excluding hydrogens is 372 g/mol. The molecule has 2 N–H and O–H groups in total. The van der Waals surface area contributed by atoms with E-state index in [9.17, 15) is 14.9 Å². The first-order valence-corrected chi connectivity index (χ1v) is 9.27. The van der Waals surface area contributed by atoms with Crippen LogP contribution in [0.3, 0.4) is 0 Å². The lowest BCUT2D eigenvalue weighted by atomic mass is 10.1. The minimum atomic E-state index is -0.683. The minimum Gasteiger partial charge on any atom is -0.472 e. The molecule has 0 aliphatic heterocycles. The Morgan fingerprint density at radius 1 is 1.38 bits per heavy atom. The molecular formula is C20H22N6O3. The number of carbonyl (C=O) groups excluding carboxylic acids is 2. The lowest BCUT2D eigenvalue weighted by Crippen LogP contribution is -2.45. The number of nitrogens with zero attached hydrogens (tertiary/aromatic N) is 4. The molecule has 3 aromatic rings. The van der Waals surface area contributed by atoms with Crippen molar-refractivity contribution in [2.45, 2.75) is 39.7 Å². The first-order chi connectivity index (χ1) is 13.9. The van der Waals surface area contributed by atoms with Crippen molar-refractivity contribution in [2.75, 3.05) is 6.54 Å². The van der Waals surface area contributed by atoms with Gasteiger partial charge in [0.1, 0.15) is 23.9 Å². The van der Waals surface area contributed by atoms with Crippen molar-refractivity contribution in [3.63, 3.8) is 0 Å². The van der Waals surface area contributed by atoms with Crippen molar-refractivity contribution < 1.29 is 14.0 Å². The monoisotopic (exact) mass is 394 g/mol. The highest BCUT2D eigenvalue weighted by molar-refractivity contribution is 5.97. The fourth-order valence-electron chi connectivity index (χ4n) is 3.01. The number of carbonyl (C=O) groups is 2. The van der Waals surface area contributed by atoms with Crippen LogP contribution in [0.4, 0.5) is 0 Å². The van der Waals surface area contributed by atoms with Gasteiger partial charge >= 0.3 is 0 Å². The molecule has 0 radical (unpaired) electrons. The van der Waals surface area contributed by atoms with E-state index in [1.807, 2.05) is 19.9 Å². The third-order valence-electron chi connectivity index (χ3n) is 4.49. The average Bonchev–Trinajstić information content (AvgIpc) is 3.33. The topological polar surface area (TPSA) is 125 Å². The minimum absolute atomic E-state index is 0.287. The molecule has 29 heavy (non-hydrogen) atoms. The van der Waals surface area contributed by atoms with Gasteiger partial charge in [0.2, 0.25) is 5.91 Å². The molecule has 0 saturated carbocycles. The number of hydrogen-bond acceptors (Lipinski definition) is 6. The zero-order chi connectivity index (χ0) is 21.0. The van der Waals surface area contributed by atoms with E-state index in [1.54, 1.807) is 11.4 Å². The van der Waals surface area contributed by atoms with Gasteiger partial charge in [-0.25, -0.2) is 9.50 Å². The summed E-state index contributed by atoms with van der Waals surface area (Å²) in [5.41, 5.74) is 3.77. The third-order valence-corrected chi connectivity index (χ3v) is 4.49. The van der Waals surface area contributed by atoms with Crippen molar-refractivity contribution in [1.29, 1.82) is 5.26 Å². The maximum Gasteiger partial charge on any atom is 0.255 e. The Balaban J connectivity index is 1.54. The molecule has 3 aromatic heterocycles. The molecule has 0 bridgehead atoms. The van der Waals surface area contributed by atoms with E-state index in [0.717, 1.165) is 11.4 Å². The lowest BCUT2D eigenvalue weighted by Gasteiger charge is -2.13. The van der Waals surface area contributed by atoms with E-state index in [1.165, 1.54) is 18.6 Å². The molecule has 1 atom stereocenters. The quantitative estimate of drug-likeness (QED) is 0.587. The van der Waals surface area contributed by atoms with Gasteiger partial charge < -0.3 is 15.1 Å². The number of nitriles is 1. The smallest absolute Gasteiger partial charge is 0.255 e. The number of amides is 2. The molecule has 3 rings (SSSR count). The molecule has 0 aliphatic rings. The molecule has 0 saturated heterocycles. The van der Waals surface area contributed by atoms with Crippen LogP contribution in [-0.4, -0.2) is 39.0 Å². The van der Waals surface area contributed by atoms with E-state index in [0.29, 0.717) is 41.9 Å². The second kappa shape index (κ2) is 8.56. The summed E-state index contributed by atoms with van der Waals surface area (Å²) in [6, 6.07) is 4.94. The fraction of sp³-hybridized carbons (Fsp3) is 0.350. The van der Waals surface area contributed by atoms with E-state index in [-0.39, 0.29) is 11.8 Å². The van der Waals surface area contributed by atoms with Crippen LogP contribution in [0.5, 0.6) is 0 Å². The maximum atomic E-state index is 12.2. The summed E-state index contributed by atoms with van der Waals surface area (Å²) in [5, 5.41) is 19.4. The van der Waals surface area contributed by atoms with Crippen LogP contribution >= 0.6 is 0 Å². The number of nitrogens with one attached hydrogen (secondary N) is 2. The second-order valence-corrected chi connectivity index (χ2v) is 6.81. The number of hydrogen-bond donors (Lipinski definition) is 2. The Kier molecular flexibility index (Phi) is 5.93. The highest BCUT2D eigenvalue weighted by Gasteiger charge is 2.18. The van der Waals surface area contributed by atoms with Gasteiger partial charge in [-0.1, -0.05) is 0 Å². The fourth-order valence-corrected chi connectivity index (χ4v) is 3.01. The summed E-state index contributed by atoms with van der Waals surface area (Å²) in [4.78, 5) is 28.5. The first kappa shape index (κ1) is 20.1. The summed E-state index contributed by atoms with van der Waals surface area (Å²) in [6.07, 6.45) is 3.85. The van der Waals surface area contributed by atoms with Gasteiger partial charge in [0.15, 0.2) is 5.65 Å². The SMILES string of the molecule is Cc1cc(C)n2nc(CCCNC(=O)C(C)NC(=O)c3ccoc3)c(C#N)c2n1. The second-order valence-electron chi connectivity index (χ2n) is 6.81. The average molecular weight is 394 g/mol. The van der Waals surface area contributed by atoms with Crippen molar-refractivity contribution in [1.82, 2.24) is 25.2 Å². The van der Waals surface area contributed by atoms with Crippen LogP contribution in [0.15, 0.2) is 29.1 Å². The Bertz CT molecular complexity index is 1080. The molecule has 0 spiro atoms. The van der Waals surface area contributed by atoms with Crippen LogP contribution in [0, 0.1) is 25.2 Å². The summed E-state index contributed by atoms with van der Waals surface area (Å²) < 4.78 is 6.53. The molecule has 2 amide bonds. The van der Waals surface area contributed by atoms with Gasteiger partial charge in [-0.3, -0.25) is 9.59 Å². The normalized spacial score (nSPS) is 11.8. The van der Waals surface area contributed by atoms with Crippen molar-refractivity contribution in [3.05, 3.63) is 52.9 Å². The van der Waals surface area contributed by atoms with Crippen LogP contribution in [0.1, 0.15) is 46.3 Å². The van der Waals surface area contributed by atoms with Crippen molar-refractivity contribution in [2.24, 2.45) is 0 Å². The van der Waals surface area contributed by atoms with E-state index in [4.69, 9.17) is 4.42 Å². The van der Waals surface area contributed by atoms with E-state index < -0.39 is 6.04 Å². The number of furan rings is 1. The van der Waals surface area contributed by atoms with Crippen LogP contribution in [0.2, 0.25) is 0 Å². The standard InChI is InChI=1S/C20H22N6O3/c1-12-9-13(2)26-18(23-12)16(10-21)17(25-26)5-4-7-22-19(27)14(3)24-20(28)15-6-8-29-11-15/h6,8-9,11,14H,4-5,7H2,1-3H3,(H,22,27)(H,24,28). The summed E-state index contributed by atoms with van der Waals surface area (Å²) in [7, 11) is 0. The Hall–Kier alpha value is -3.67. The van der Waals surface area contributed by atoms with Gasteiger partial charge in [-0.2, -0.15) is 10.4 Å². The van der Waals surface area contributed by atoms with Crippen LogP contribution in [0.25, 0.3) is 5.65 Å². The summed E-state index contributed by atoms with van der Waals surface area (Å²) in [6.45, 7) is 5.80. The zero-order valence-corrected chi connectivity index (χ0v) is 16.5. The summed E-state index contributed by atoms with van der Waals surface area (Å²) in [5.74, 6) is -0.659. The Morgan fingerprint density at radius 2 is 2.17 bits per heavy atom. The Morgan fingerprint density at radius 3 is 2.86 bits per heavy atom. The predicted molar refractivity (Wildman–Crippen MR) is 104 cm³/mol. The highest BCUT2D eigenvalue weighted by Crippen LogP contribution is 2.17. The largest absolute Gasteiger partial charge is 0.472 e. The van der Waals surface area contributed by atoms with Crippen molar-refractivity contribution >= 4 is 17.5 Å². The van der Waals surface area contributed by atoms with Gasteiger partial charge in [0.25, 0.3) is 5.91 Å². The van der Waals surface area contributed by atoms with E-state index in [2.05, 4.69) is 26.8 Å². The highest BCUT2D eigenvalue weighted by atomic mass is 16.3. The van der Waals surface area contributed by atoms with Gasteiger partial charge in [0, 0.05) is 17.9 Å². The number of rotatable bonds is 7. The van der Waals surface area contributed by atoms with Crippen LogP contribution in [-0.2, 0) is 11.2 Å². The Labute approximate surface area is 167 Å². The maximum absolute atomic E-state index is 12.2. The zero-order valence-electron chi connectivity index (χ0n) is 16.5. The third kappa shape index (κ3) is 4.43. The molecule has 3 heterocycles. The molecule has 9 nitrogen and oxygen atoms in total. The first-order valence-electron chi connectivity index (χ1n) is 9.27. The number of fused-ring (bicyclic) bond motifs is 1. The molecule has 1 unspecified atom stereocenters.